The number of aryl methyl sites for hydroxylation is 1. The number of hydrogen-bond acceptors (Lipinski definition) is 4. The van der Waals surface area contributed by atoms with E-state index in [4.69, 9.17) is 11.6 Å². The molecule has 1 aliphatic rings. The van der Waals surface area contributed by atoms with E-state index in [1.54, 1.807) is 11.0 Å². The molecule has 1 unspecified atom stereocenters. The van der Waals surface area contributed by atoms with Crippen molar-refractivity contribution in [2.45, 2.75) is 65.1 Å². The van der Waals surface area contributed by atoms with Gasteiger partial charge in [-0.2, -0.15) is 5.10 Å². The number of carbonyl (C=O) groups excluding carboxylic acids is 1. The third-order valence-electron chi connectivity index (χ3n) is 4.67. The van der Waals surface area contributed by atoms with E-state index < -0.39 is 0 Å². The summed E-state index contributed by atoms with van der Waals surface area (Å²) in [5, 5.41) is 16.1. The number of nitrogens with zero attached hydrogens (tertiary/aromatic N) is 5. The third kappa shape index (κ3) is 3.31. The average Bonchev–Trinajstić information content (AvgIpc) is 3.25. The predicted molar refractivity (Wildman–Crippen MR) is 90.8 cm³/mol. The molecule has 7 nitrogen and oxygen atoms in total. The van der Waals surface area contributed by atoms with Gasteiger partial charge in [0.2, 0.25) is 5.91 Å². The van der Waals surface area contributed by atoms with Crippen LogP contribution in [0.4, 0.5) is 0 Å². The van der Waals surface area contributed by atoms with Crippen LogP contribution in [0.5, 0.6) is 0 Å². The van der Waals surface area contributed by atoms with Gasteiger partial charge in [-0.25, -0.2) is 0 Å². The molecule has 3 rings (SSSR count). The summed E-state index contributed by atoms with van der Waals surface area (Å²) in [6.07, 6.45) is 6.55. The highest BCUT2D eigenvalue weighted by molar-refractivity contribution is 6.31. The SMILES string of the molecule is Cc1nn(CC(=O)NC(C)c2nncn2C2CCCC2)c(C)c1Cl. The summed E-state index contributed by atoms with van der Waals surface area (Å²) in [7, 11) is 0. The molecule has 8 heteroatoms. The fraction of sp³-hybridized carbons (Fsp3) is 0.625. The molecule has 1 saturated carbocycles. The second-order valence-electron chi connectivity index (χ2n) is 6.47. The van der Waals surface area contributed by atoms with Gasteiger partial charge in [0.25, 0.3) is 0 Å². The van der Waals surface area contributed by atoms with E-state index in [0.29, 0.717) is 11.1 Å². The average molecular weight is 351 g/mol. The quantitative estimate of drug-likeness (QED) is 0.899. The maximum Gasteiger partial charge on any atom is 0.242 e. The number of carbonyl (C=O) groups is 1. The zero-order chi connectivity index (χ0) is 17.3. The third-order valence-corrected chi connectivity index (χ3v) is 5.22. The lowest BCUT2D eigenvalue weighted by Gasteiger charge is -2.18. The Hall–Kier alpha value is -1.89. The van der Waals surface area contributed by atoms with Gasteiger partial charge in [0, 0.05) is 6.04 Å². The van der Waals surface area contributed by atoms with Crippen molar-refractivity contribution in [2.24, 2.45) is 0 Å². The molecule has 1 atom stereocenters. The van der Waals surface area contributed by atoms with Gasteiger partial charge >= 0.3 is 0 Å². The first-order valence-corrected chi connectivity index (χ1v) is 8.73. The topological polar surface area (TPSA) is 77.6 Å². The molecule has 1 fully saturated rings. The lowest BCUT2D eigenvalue weighted by molar-refractivity contribution is -0.122. The summed E-state index contributed by atoms with van der Waals surface area (Å²) in [5.41, 5.74) is 1.53. The Balaban J connectivity index is 1.66. The molecule has 0 aliphatic heterocycles. The van der Waals surface area contributed by atoms with Gasteiger partial charge in [-0.1, -0.05) is 24.4 Å². The number of rotatable bonds is 5. The monoisotopic (exact) mass is 350 g/mol. The van der Waals surface area contributed by atoms with E-state index >= 15 is 0 Å². The Labute approximate surface area is 146 Å². The molecule has 1 N–H and O–H groups in total. The van der Waals surface area contributed by atoms with Crippen molar-refractivity contribution < 1.29 is 4.79 Å². The van der Waals surface area contributed by atoms with E-state index in [0.717, 1.165) is 30.1 Å². The van der Waals surface area contributed by atoms with E-state index in [9.17, 15) is 4.79 Å². The standard InChI is InChI=1S/C16H23ClN6O/c1-10-15(17)12(3)23(21-10)8-14(24)19-11(2)16-20-18-9-22(16)13-6-4-5-7-13/h9,11,13H,4-8H2,1-3H3,(H,19,24). The molecule has 1 amide bonds. The smallest absolute Gasteiger partial charge is 0.242 e. The number of aromatic nitrogens is 5. The summed E-state index contributed by atoms with van der Waals surface area (Å²) >= 11 is 6.13. The maximum atomic E-state index is 12.4. The fourth-order valence-corrected chi connectivity index (χ4v) is 3.48. The van der Waals surface area contributed by atoms with Crippen molar-refractivity contribution in [3.05, 3.63) is 28.6 Å². The van der Waals surface area contributed by atoms with Crippen LogP contribution < -0.4 is 5.32 Å². The minimum absolute atomic E-state index is 0.120. The van der Waals surface area contributed by atoms with Gasteiger partial charge in [0.05, 0.1) is 22.5 Å². The van der Waals surface area contributed by atoms with Crippen molar-refractivity contribution in [3.63, 3.8) is 0 Å². The predicted octanol–water partition coefficient (Wildman–Crippen LogP) is 2.74. The van der Waals surface area contributed by atoms with E-state index in [1.807, 2.05) is 20.8 Å². The number of hydrogen-bond donors (Lipinski definition) is 1. The normalized spacial score (nSPS) is 16.5. The zero-order valence-corrected chi connectivity index (χ0v) is 15.0. The highest BCUT2D eigenvalue weighted by Crippen LogP contribution is 2.31. The Morgan fingerprint density at radius 3 is 2.75 bits per heavy atom. The highest BCUT2D eigenvalue weighted by atomic mass is 35.5. The van der Waals surface area contributed by atoms with E-state index in [-0.39, 0.29) is 18.5 Å². The molecule has 24 heavy (non-hydrogen) atoms. The van der Waals surface area contributed by atoms with Gasteiger partial charge in [0.15, 0.2) is 5.82 Å². The van der Waals surface area contributed by atoms with Gasteiger partial charge in [-0.3, -0.25) is 9.48 Å². The largest absolute Gasteiger partial charge is 0.345 e. The highest BCUT2D eigenvalue weighted by Gasteiger charge is 2.23. The first kappa shape index (κ1) is 17.0. The summed E-state index contributed by atoms with van der Waals surface area (Å²) in [4.78, 5) is 12.4. The summed E-state index contributed by atoms with van der Waals surface area (Å²) in [6, 6.07) is 0.247. The lowest BCUT2D eigenvalue weighted by Crippen LogP contribution is -2.32. The number of amides is 1. The Morgan fingerprint density at radius 2 is 2.12 bits per heavy atom. The summed E-state index contributed by atoms with van der Waals surface area (Å²) in [6.45, 7) is 5.76. The molecule has 1 aliphatic carbocycles. The number of nitrogens with one attached hydrogen (secondary N) is 1. The van der Waals surface area contributed by atoms with Crippen LogP contribution in [-0.2, 0) is 11.3 Å². The molecule has 0 saturated heterocycles. The molecule has 0 spiro atoms. The van der Waals surface area contributed by atoms with Crippen molar-refractivity contribution in [3.8, 4) is 0 Å². The lowest BCUT2D eigenvalue weighted by atomic mass is 10.2. The van der Waals surface area contributed by atoms with Crippen LogP contribution in [0.3, 0.4) is 0 Å². The summed E-state index contributed by atoms with van der Waals surface area (Å²) in [5.74, 6) is 0.687. The first-order chi connectivity index (χ1) is 11.5. The second-order valence-corrected chi connectivity index (χ2v) is 6.84. The molecule has 0 radical (unpaired) electrons. The maximum absolute atomic E-state index is 12.4. The van der Waals surface area contributed by atoms with Crippen LogP contribution in [0.1, 0.15) is 61.9 Å². The molecule has 0 aromatic carbocycles. The second kappa shape index (κ2) is 6.93. The molecular formula is C16H23ClN6O. The van der Waals surface area contributed by atoms with Crippen LogP contribution >= 0.6 is 11.6 Å². The molecule has 130 valence electrons. The van der Waals surface area contributed by atoms with Crippen molar-refractivity contribution in [2.75, 3.05) is 0 Å². The van der Waals surface area contributed by atoms with Crippen molar-refractivity contribution in [1.29, 1.82) is 0 Å². The fourth-order valence-electron chi connectivity index (χ4n) is 3.34. The van der Waals surface area contributed by atoms with Gasteiger partial charge < -0.3 is 9.88 Å². The summed E-state index contributed by atoms with van der Waals surface area (Å²) < 4.78 is 3.74. The minimum Gasteiger partial charge on any atom is -0.345 e. The Bertz CT molecular complexity index is 731. The van der Waals surface area contributed by atoms with Crippen molar-refractivity contribution >= 4 is 17.5 Å². The van der Waals surface area contributed by atoms with Crippen LogP contribution in [0.25, 0.3) is 0 Å². The van der Waals surface area contributed by atoms with Gasteiger partial charge in [-0.05, 0) is 33.6 Å². The first-order valence-electron chi connectivity index (χ1n) is 8.35. The van der Waals surface area contributed by atoms with Crippen molar-refractivity contribution in [1.82, 2.24) is 29.9 Å². The molecule has 2 aromatic rings. The van der Waals surface area contributed by atoms with Crippen LogP contribution in [-0.4, -0.2) is 30.5 Å². The minimum atomic E-state index is -0.201. The zero-order valence-electron chi connectivity index (χ0n) is 14.3. The molecule has 0 bridgehead atoms. The molecule has 2 heterocycles. The van der Waals surface area contributed by atoms with E-state index in [1.165, 1.54) is 12.8 Å². The van der Waals surface area contributed by atoms with E-state index in [2.05, 4.69) is 25.2 Å². The van der Waals surface area contributed by atoms with Gasteiger partial charge in [0.1, 0.15) is 12.9 Å². The van der Waals surface area contributed by atoms with Crippen LogP contribution in [0.15, 0.2) is 6.33 Å². The van der Waals surface area contributed by atoms with Crippen LogP contribution in [0.2, 0.25) is 5.02 Å². The van der Waals surface area contributed by atoms with Gasteiger partial charge in [-0.15, -0.1) is 10.2 Å². The molecule has 2 aromatic heterocycles. The molecular weight excluding hydrogens is 328 g/mol. The van der Waals surface area contributed by atoms with Crippen LogP contribution in [0, 0.1) is 13.8 Å². The number of halogens is 1. The Morgan fingerprint density at radius 1 is 1.42 bits per heavy atom. The Kier molecular flexibility index (Phi) is 4.89.